The highest BCUT2D eigenvalue weighted by Crippen LogP contribution is 2.30. The number of hydrogen-bond donors (Lipinski definition) is 1. The third-order valence-corrected chi connectivity index (χ3v) is 6.66. The molecule has 0 spiro atoms. The van der Waals surface area contributed by atoms with E-state index in [0.717, 1.165) is 31.4 Å². The molecule has 148 valence electrons. The second-order valence-electron chi connectivity index (χ2n) is 7.79. The summed E-state index contributed by atoms with van der Waals surface area (Å²) in [5.41, 5.74) is 0.806. The molecule has 2 saturated carbocycles. The fourth-order valence-corrected chi connectivity index (χ4v) is 5.13. The van der Waals surface area contributed by atoms with E-state index in [1.807, 2.05) is 30.3 Å². The smallest absolute Gasteiger partial charge is 0.234 e. The molecule has 3 rings (SSSR count). The van der Waals surface area contributed by atoms with Gasteiger partial charge in [0.15, 0.2) is 0 Å². The van der Waals surface area contributed by atoms with Crippen molar-refractivity contribution in [1.82, 2.24) is 4.90 Å². The van der Waals surface area contributed by atoms with Crippen molar-refractivity contribution in [2.24, 2.45) is 0 Å². The lowest BCUT2D eigenvalue weighted by Gasteiger charge is -2.41. The number of carbonyl (C=O) groups excluding carboxylic acids is 2. The highest BCUT2D eigenvalue weighted by Gasteiger charge is 2.32. The lowest BCUT2D eigenvalue weighted by Crippen LogP contribution is -2.49. The lowest BCUT2D eigenvalue weighted by atomic mass is 9.88. The van der Waals surface area contributed by atoms with Gasteiger partial charge in [-0.3, -0.25) is 9.59 Å². The van der Waals surface area contributed by atoms with Crippen LogP contribution in [0.3, 0.4) is 0 Å². The summed E-state index contributed by atoms with van der Waals surface area (Å²) >= 11 is 1.44. The maximum absolute atomic E-state index is 13.1. The standard InChI is InChI=1S/C22H32N2O2S/c25-21(23-18-10-4-1-5-11-18)16-27-17-22(26)24(19-12-6-2-7-13-19)20-14-8-3-9-15-20/h1,4-5,10-11,19-20H,2-3,6-9,12-17H2,(H,23,25). The summed E-state index contributed by atoms with van der Waals surface area (Å²) < 4.78 is 0. The third kappa shape index (κ3) is 6.27. The molecule has 0 unspecified atom stereocenters. The number of thioether (sulfide) groups is 1. The number of nitrogens with zero attached hydrogens (tertiary/aromatic N) is 1. The average molecular weight is 389 g/mol. The number of hydrogen-bond acceptors (Lipinski definition) is 3. The first kappa shape index (κ1) is 20.2. The van der Waals surface area contributed by atoms with Gasteiger partial charge in [-0.15, -0.1) is 11.8 Å². The van der Waals surface area contributed by atoms with Crippen LogP contribution in [0.15, 0.2) is 30.3 Å². The number of nitrogens with one attached hydrogen (secondary N) is 1. The molecule has 0 aliphatic heterocycles. The maximum Gasteiger partial charge on any atom is 0.234 e. The van der Waals surface area contributed by atoms with Crippen LogP contribution in [-0.2, 0) is 9.59 Å². The zero-order valence-electron chi connectivity index (χ0n) is 16.2. The van der Waals surface area contributed by atoms with Crippen LogP contribution in [-0.4, -0.2) is 40.3 Å². The molecule has 0 saturated heterocycles. The van der Waals surface area contributed by atoms with Gasteiger partial charge in [0.2, 0.25) is 11.8 Å². The lowest BCUT2D eigenvalue weighted by molar-refractivity contribution is -0.135. The second kappa shape index (κ2) is 10.7. The van der Waals surface area contributed by atoms with Gasteiger partial charge < -0.3 is 10.2 Å². The first-order chi connectivity index (χ1) is 13.2. The highest BCUT2D eigenvalue weighted by atomic mass is 32.2. The molecule has 2 aliphatic carbocycles. The minimum Gasteiger partial charge on any atom is -0.336 e. The van der Waals surface area contributed by atoms with E-state index in [0.29, 0.717) is 23.6 Å². The van der Waals surface area contributed by atoms with E-state index in [-0.39, 0.29) is 11.8 Å². The van der Waals surface area contributed by atoms with Crippen LogP contribution < -0.4 is 5.32 Å². The monoisotopic (exact) mass is 388 g/mol. The van der Waals surface area contributed by atoms with Gasteiger partial charge in [0.05, 0.1) is 11.5 Å². The summed E-state index contributed by atoms with van der Waals surface area (Å²) in [7, 11) is 0. The Balaban J connectivity index is 1.50. The van der Waals surface area contributed by atoms with Gasteiger partial charge >= 0.3 is 0 Å². The fourth-order valence-electron chi connectivity index (χ4n) is 4.45. The molecular weight excluding hydrogens is 356 g/mol. The molecule has 2 amide bonds. The van der Waals surface area contributed by atoms with E-state index in [1.54, 1.807) is 0 Å². The molecule has 27 heavy (non-hydrogen) atoms. The Morgan fingerprint density at radius 1 is 0.852 bits per heavy atom. The Morgan fingerprint density at radius 3 is 1.96 bits per heavy atom. The van der Waals surface area contributed by atoms with Crippen LogP contribution in [0, 0.1) is 0 Å². The van der Waals surface area contributed by atoms with Crippen molar-refractivity contribution in [2.45, 2.75) is 76.3 Å². The summed E-state index contributed by atoms with van der Waals surface area (Å²) in [6.07, 6.45) is 12.2. The molecule has 1 aromatic rings. The van der Waals surface area contributed by atoms with Crippen molar-refractivity contribution in [3.8, 4) is 0 Å². The number of anilines is 1. The zero-order valence-corrected chi connectivity index (χ0v) is 17.0. The third-order valence-electron chi connectivity index (χ3n) is 5.74. The SMILES string of the molecule is O=C(CSCC(=O)N(C1CCCCC1)C1CCCCC1)Nc1ccccc1. The number of benzene rings is 1. The van der Waals surface area contributed by atoms with Crippen molar-refractivity contribution in [3.63, 3.8) is 0 Å². The van der Waals surface area contributed by atoms with Crippen LogP contribution in [0.4, 0.5) is 5.69 Å². The molecule has 0 bridgehead atoms. The first-order valence-corrected chi connectivity index (χ1v) is 11.6. The Morgan fingerprint density at radius 2 is 1.41 bits per heavy atom. The van der Waals surface area contributed by atoms with E-state index in [9.17, 15) is 9.59 Å². The fraction of sp³-hybridized carbons (Fsp3) is 0.636. The van der Waals surface area contributed by atoms with Crippen molar-refractivity contribution >= 4 is 29.3 Å². The van der Waals surface area contributed by atoms with Crippen LogP contribution in [0.25, 0.3) is 0 Å². The predicted molar refractivity (Wildman–Crippen MR) is 113 cm³/mol. The normalized spacial score (nSPS) is 18.8. The molecule has 2 aliphatic rings. The van der Waals surface area contributed by atoms with Crippen molar-refractivity contribution < 1.29 is 9.59 Å². The van der Waals surface area contributed by atoms with Crippen LogP contribution in [0.5, 0.6) is 0 Å². The second-order valence-corrected chi connectivity index (χ2v) is 8.78. The molecule has 1 aromatic carbocycles. The summed E-state index contributed by atoms with van der Waals surface area (Å²) in [6, 6.07) is 10.3. The summed E-state index contributed by atoms with van der Waals surface area (Å²) in [6.45, 7) is 0. The van der Waals surface area contributed by atoms with Gasteiger partial charge in [-0.05, 0) is 37.8 Å². The topological polar surface area (TPSA) is 49.4 Å². The van der Waals surface area contributed by atoms with E-state index < -0.39 is 0 Å². The Hall–Kier alpha value is -1.49. The van der Waals surface area contributed by atoms with Crippen LogP contribution in [0.1, 0.15) is 64.2 Å². The predicted octanol–water partition coefficient (Wildman–Crippen LogP) is 4.85. The minimum absolute atomic E-state index is 0.0408. The van der Waals surface area contributed by atoms with Gasteiger partial charge in [0, 0.05) is 17.8 Å². The Bertz CT molecular complexity index is 578. The first-order valence-electron chi connectivity index (χ1n) is 10.5. The molecule has 0 heterocycles. The molecule has 4 nitrogen and oxygen atoms in total. The quantitative estimate of drug-likeness (QED) is 0.726. The molecule has 0 radical (unpaired) electrons. The average Bonchev–Trinajstić information content (AvgIpc) is 2.70. The number of carbonyl (C=O) groups is 2. The summed E-state index contributed by atoms with van der Waals surface area (Å²) in [5, 5.41) is 2.89. The van der Waals surface area contributed by atoms with Gasteiger partial charge in [0.1, 0.15) is 0 Å². The number of para-hydroxylation sites is 1. The molecule has 0 atom stereocenters. The van der Waals surface area contributed by atoms with Crippen molar-refractivity contribution in [2.75, 3.05) is 16.8 Å². The molecular formula is C22H32N2O2S. The Kier molecular flexibility index (Phi) is 8.06. The van der Waals surface area contributed by atoms with E-state index in [4.69, 9.17) is 0 Å². The molecule has 5 heteroatoms. The van der Waals surface area contributed by atoms with E-state index >= 15 is 0 Å². The van der Waals surface area contributed by atoms with Crippen molar-refractivity contribution in [1.29, 1.82) is 0 Å². The largest absolute Gasteiger partial charge is 0.336 e. The minimum atomic E-state index is -0.0408. The van der Waals surface area contributed by atoms with Gasteiger partial charge in [-0.25, -0.2) is 0 Å². The highest BCUT2D eigenvalue weighted by molar-refractivity contribution is 8.00. The van der Waals surface area contributed by atoms with E-state index in [1.165, 1.54) is 50.3 Å². The molecule has 1 N–H and O–H groups in total. The zero-order chi connectivity index (χ0) is 18.9. The summed E-state index contributed by atoms with van der Waals surface area (Å²) in [5.74, 6) is 0.936. The molecule has 0 aromatic heterocycles. The number of rotatable bonds is 7. The van der Waals surface area contributed by atoms with Crippen LogP contribution in [0.2, 0.25) is 0 Å². The van der Waals surface area contributed by atoms with Gasteiger partial charge in [0.25, 0.3) is 0 Å². The summed E-state index contributed by atoms with van der Waals surface area (Å²) in [4.78, 5) is 27.4. The number of amides is 2. The van der Waals surface area contributed by atoms with Gasteiger partial charge in [-0.1, -0.05) is 56.7 Å². The molecule has 2 fully saturated rings. The Labute approximate surface area is 167 Å². The maximum atomic E-state index is 13.1. The van der Waals surface area contributed by atoms with E-state index in [2.05, 4.69) is 10.2 Å². The van der Waals surface area contributed by atoms with Gasteiger partial charge in [-0.2, -0.15) is 0 Å². The van der Waals surface area contributed by atoms with Crippen molar-refractivity contribution in [3.05, 3.63) is 30.3 Å². The van der Waals surface area contributed by atoms with Crippen LogP contribution >= 0.6 is 11.8 Å².